The summed E-state index contributed by atoms with van der Waals surface area (Å²) in [5.74, 6) is 0.653. The van der Waals surface area contributed by atoms with E-state index in [1.807, 2.05) is 73.7 Å². The molecule has 1 saturated heterocycles. The van der Waals surface area contributed by atoms with E-state index in [1.54, 1.807) is 6.20 Å². The Morgan fingerprint density at radius 1 is 1.11 bits per heavy atom. The molecule has 9 heteroatoms. The molecule has 8 nitrogen and oxygen atoms in total. The van der Waals surface area contributed by atoms with Crippen molar-refractivity contribution >= 4 is 44.0 Å². The first-order valence-electron chi connectivity index (χ1n) is 11.8. The predicted octanol–water partition coefficient (Wildman–Crippen LogP) is 5.19. The Morgan fingerprint density at radius 2 is 1.92 bits per heavy atom. The molecule has 2 aromatic heterocycles. The third-order valence-corrected chi connectivity index (χ3v) is 6.66. The van der Waals surface area contributed by atoms with Crippen LogP contribution in [0.1, 0.15) is 12.6 Å². The van der Waals surface area contributed by atoms with Crippen LogP contribution in [-0.2, 0) is 16.1 Å². The summed E-state index contributed by atoms with van der Waals surface area (Å²) in [5, 5.41) is 7.15. The topological polar surface area (TPSA) is 88.6 Å². The Hall–Kier alpha value is -3.95. The summed E-state index contributed by atoms with van der Waals surface area (Å²) in [6.45, 7) is 5.00. The maximum absolute atomic E-state index is 12.9. The van der Waals surface area contributed by atoms with Gasteiger partial charge in [0.1, 0.15) is 12.4 Å². The predicted molar refractivity (Wildman–Crippen MR) is 143 cm³/mol. The van der Waals surface area contributed by atoms with E-state index in [9.17, 15) is 4.79 Å². The summed E-state index contributed by atoms with van der Waals surface area (Å²) in [7, 11) is 0. The molecule has 4 aromatic rings. The number of amides is 1. The molecule has 3 heterocycles. The van der Waals surface area contributed by atoms with Crippen molar-refractivity contribution < 1.29 is 14.3 Å². The molecule has 0 aliphatic carbocycles. The van der Waals surface area contributed by atoms with Crippen LogP contribution in [0.3, 0.4) is 0 Å². The van der Waals surface area contributed by atoms with Gasteiger partial charge in [0, 0.05) is 30.7 Å². The molecule has 5 rings (SSSR count). The summed E-state index contributed by atoms with van der Waals surface area (Å²) < 4.78 is 12.2. The fraction of sp³-hybridized carbons (Fsp3) is 0.222. The number of carbonyl (C=O) groups excluding carboxylic acids is 1. The Bertz CT molecular complexity index is 1350. The fourth-order valence-electron chi connectivity index (χ4n) is 3.91. The van der Waals surface area contributed by atoms with Gasteiger partial charge in [0.05, 0.1) is 34.8 Å². The van der Waals surface area contributed by atoms with Crippen LogP contribution in [-0.4, -0.2) is 47.1 Å². The quantitative estimate of drug-likeness (QED) is 0.321. The molecule has 0 bridgehead atoms. The van der Waals surface area contributed by atoms with Gasteiger partial charge in [-0.25, -0.2) is 4.98 Å². The van der Waals surface area contributed by atoms with E-state index in [1.165, 1.54) is 11.3 Å². The van der Waals surface area contributed by atoms with Gasteiger partial charge in [-0.3, -0.25) is 9.78 Å². The molecule has 0 spiro atoms. The van der Waals surface area contributed by atoms with Crippen molar-refractivity contribution in [3.8, 4) is 5.75 Å². The Balaban J connectivity index is 1.21. The average molecular weight is 502 g/mol. The highest BCUT2D eigenvalue weighted by Gasteiger charge is 2.19. The number of hydrogen-bond acceptors (Lipinski definition) is 8. The van der Waals surface area contributed by atoms with Crippen LogP contribution in [0.15, 0.2) is 78.6 Å². The van der Waals surface area contributed by atoms with Gasteiger partial charge in [0.15, 0.2) is 5.13 Å². The number of fused-ring (bicyclic) bond motifs is 1. The lowest BCUT2D eigenvalue weighted by Gasteiger charge is -2.30. The molecule has 1 aliphatic heterocycles. The summed E-state index contributed by atoms with van der Waals surface area (Å²) in [6, 6.07) is 19.3. The number of thiazole rings is 1. The highest BCUT2D eigenvalue weighted by molar-refractivity contribution is 7.22. The molecule has 0 unspecified atom stereocenters. The number of hydrogen-bond donors (Lipinski definition) is 2. The first-order valence-corrected chi connectivity index (χ1v) is 12.6. The van der Waals surface area contributed by atoms with Crippen LogP contribution in [0, 0.1) is 0 Å². The van der Waals surface area contributed by atoms with Crippen LogP contribution in [0.2, 0.25) is 0 Å². The molecule has 1 aliphatic rings. The van der Waals surface area contributed by atoms with Crippen molar-refractivity contribution in [2.75, 3.05) is 36.9 Å². The number of ether oxygens (including phenoxy) is 2. The number of rotatable bonds is 8. The summed E-state index contributed by atoms with van der Waals surface area (Å²) in [4.78, 5) is 23.9. The third-order valence-electron chi connectivity index (χ3n) is 5.72. The van der Waals surface area contributed by atoms with Gasteiger partial charge in [0.2, 0.25) is 0 Å². The van der Waals surface area contributed by atoms with E-state index in [-0.39, 0.29) is 5.91 Å². The van der Waals surface area contributed by atoms with Gasteiger partial charge >= 0.3 is 0 Å². The molecule has 1 fully saturated rings. The molecule has 36 heavy (non-hydrogen) atoms. The number of pyridine rings is 1. The first kappa shape index (κ1) is 23.8. The van der Waals surface area contributed by atoms with Gasteiger partial charge in [-0.15, -0.1) is 0 Å². The van der Waals surface area contributed by atoms with Gasteiger partial charge in [-0.2, -0.15) is 0 Å². The second kappa shape index (κ2) is 11.2. The summed E-state index contributed by atoms with van der Waals surface area (Å²) in [6.07, 6.45) is 3.61. The molecule has 0 saturated carbocycles. The molecule has 2 N–H and O–H groups in total. The van der Waals surface area contributed by atoms with E-state index < -0.39 is 0 Å². The van der Waals surface area contributed by atoms with Gasteiger partial charge in [-0.05, 0) is 61.5 Å². The number of anilines is 3. The van der Waals surface area contributed by atoms with Crippen molar-refractivity contribution in [2.45, 2.75) is 13.5 Å². The van der Waals surface area contributed by atoms with Crippen LogP contribution in [0.25, 0.3) is 10.2 Å². The molecular weight excluding hydrogens is 474 g/mol. The molecular formula is C27H27N5O3S. The zero-order chi connectivity index (χ0) is 24.7. The molecule has 1 amide bonds. The standard InChI is InChI=1S/C27H27N5O3S/c1-2-24(32-13-15-34-16-14-32)26(33)29-20-8-11-23-25(17-20)36-27(31-23)30-19-6-9-22(10-7-19)35-18-21-5-3-4-12-28-21/h2-12,17H,13-16,18H2,1H3,(H,29,33)(H,30,31)/b24-2+. The maximum atomic E-state index is 12.9. The number of aromatic nitrogens is 2. The second-order valence-corrected chi connectivity index (χ2v) is 9.22. The minimum Gasteiger partial charge on any atom is -0.487 e. The highest BCUT2D eigenvalue weighted by atomic mass is 32.1. The van der Waals surface area contributed by atoms with Crippen LogP contribution in [0.5, 0.6) is 5.75 Å². The summed E-state index contributed by atoms with van der Waals surface area (Å²) in [5.41, 5.74) is 4.07. The first-order chi connectivity index (χ1) is 17.7. The minimum atomic E-state index is -0.119. The van der Waals surface area contributed by atoms with Crippen molar-refractivity contribution in [3.05, 3.63) is 84.3 Å². The van der Waals surface area contributed by atoms with E-state index in [4.69, 9.17) is 9.47 Å². The zero-order valence-electron chi connectivity index (χ0n) is 19.9. The van der Waals surface area contributed by atoms with Gasteiger partial charge in [-0.1, -0.05) is 23.5 Å². The number of morpholine rings is 1. The van der Waals surface area contributed by atoms with Crippen LogP contribution >= 0.6 is 11.3 Å². The lowest BCUT2D eigenvalue weighted by Crippen LogP contribution is -2.39. The SMILES string of the molecule is C/C=C(\C(=O)Nc1ccc2nc(Nc3ccc(OCc4ccccn4)cc3)sc2c1)N1CCOCC1. The number of allylic oxidation sites excluding steroid dienone is 1. The second-order valence-electron chi connectivity index (χ2n) is 8.19. The minimum absolute atomic E-state index is 0.119. The van der Waals surface area contributed by atoms with Gasteiger partial charge < -0.3 is 25.0 Å². The molecule has 0 radical (unpaired) electrons. The largest absolute Gasteiger partial charge is 0.487 e. The highest BCUT2D eigenvalue weighted by Crippen LogP contribution is 2.31. The average Bonchev–Trinajstić information content (AvgIpc) is 3.31. The molecule has 184 valence electrons. The summed E-state index contributed by atoms with van der Waals surface area (Å²) >= 11 is 1.53. The van der Waals surface area contributed by atoms with E-state index in [2.05, 4.69) is 25.5 Å². The lowest BCUT2D eigenvalue weighted by atomic mass is 10.2. The number of nitrogens with one attached hydrogen (secondary N) is 2. The van der Waals surface area contributed by atoms with Crippen molar-refractivity contribution in [3.63, 3.8) is 0 Å². The normalized spacial score (nSPS) is 14.0. The van der Waals surface area contributed by atoms with E-state index in [0.717, 1.165) is 38.2 Å². The van der Waals surface area contributed by atoms with Crippen LogP contribution in [0.4, 0.5) is 16.5 Å². The van der Waals surface area contributed by atoms with Crippen molar-refractivity contribution in [2.24, 2.45) is 0 Å². The van der Waals surface area contributed by atoms with Crippen molar-refractivity contribution in [1.29, 1.82) is 0 Å². The zero-order valence-corrected chi connectivity index (χ0v) is 20.8. The number of benzene rings is 2. The maximum Gasteiger partial charge on any atom is 0.271 e. The lowest BCUT2D eigenvalue weighted by molar-refractivity contribution is -0.114. The third kappa shape index (κ3) is 5.81. The van der Waals surface area contributed by atoms with E-state index in [0.29, 0.717) is 38.6 Å². The fourth-order valence-corrected chi connectivity index (χ4v) is 4.84. The Morgan fingerprint density at radius 3 is 2.67 bits per heavy atom. The van der Waals surface area contributed by atoms with Crippen molar-refractivity contribution in [1.82, 2.24) is 14.9 Å². The molecule has 0 atom stereocenters. The smallest absolute Gasteiger partial charge is 0.271 e. The monoisotopic (exact) mass is 501 g/mol. The Kier molecular flexibility index (Phi) is 7.39. The van der Waals surface area contributed by atoms with E-state index >= 15 is 0 Å². The van der Waals surface area contributed by atoms with Crippen LogP contribution < -0.4 is 15.4 Å². The number of nitrogens with zero attached hydrogens (tertiary/aromatic N) is 3. The molecule has 2 aromatic carbocycles. The van der Waals surface area contributed by atoms with Gasteiger partial charge in [0.25, 0.3) is 5.91 Å². The Labute approximate surface area is 213 Å². The number of carbonyl (C=O) groups is 1.